The van der Waals surface area contributed by atoms with Gasteiger partial charge in [0.05, 0.1) is 17.6 Å². The van der Waals surface area contributed by atoms with Crippen LogP contribution in [0.15, 0.2) is 55.1 Å². The van der Waals surface area contributed by atoms with Crippen LogP contribution in [-0.4, -0.2) is 43.8 Å². The number of carbonyl (C=O) groups excluding carboxylic acids is 1. The Balaban J connectivity index is 1.70. The summed E-state index contributed by atoms with van der Waals surface area (Å²) in [6.07, 6.45) is 8.94. The van der Waals surface area contributed by atoms with Gasteiger partial charge in [-0.15, -0.1) is 0 Å². The topological polar surface area (TPSA) is 83.9 Å². The van der Waals surface area contributed by atoms with Gasteiger partial charge >= 0.3 is 0 Å². The third-order valence-electron chi connectivity index (χ3n) is 4.87. The third-order valence-corrected chi connectivity index (χ3v) is 4.87. The number of likely N-dealkylation sites (tertiary alicyclic amines) is 1. The lowest BCUT2D eigenvalue weighted by molar-refractivity contribution is -0.130. The lowest BCUT2D eigenvalue weighted by atomic mass is 9.97. The van der Waals surface area contributed by atoms with Gasteiger partial charge in [0.2, 0.25) is 5.91 Å². The van der Waals surface area contributed by atoms with Crippen LogP contribution in [-0.2, 0) is 4.79 Å². The molecule has 4 heterocycles. The maximum atomic E-state index is 11.8. The molecule has 1 unspecified atom stereocenters. The van der Waals surface area contributed by atoms with Crippen molar-refractivity contribution in [2.24, 2.45) is 0 Å². The van der Waals surface area contributed by atoms with Crippen molar-refractivity contribution in [3.05, 3.63) is 60.9 Å². The highest BCUT2D eigenvalue weighted by Crippen LogP contribution is 2.29. The molecule has 7 heteroatoms. The van der Waals surface area contributed by atoms with Crippen LogP contribution in [0.4, 0.5) is 11.5 Å². The van der Waals surface area contributed by atoms with Crippen LogP contribution in [0.2, 0.25) is 0 Å². The van der Waals surface area contributed by atoms with Crippen molar-refractivity contribution in [1.82, 2.24) is 24.8 Å². The number of piperidine rings is 1. The van der Waals surface area contributed by atoms with Crippen LogP contribution in [0.5, 0.6) is 0 Å². The molecule has 0 saturated carbocycles. The van der Waals surface area contributed by atoms with Crippen LogP contribution in [0.3, 0.4) is 0 Å². The smallest absolute Gasteiger partial charge is 0.219 e. The van der Waals surface area contributed by atoms with Crippen molar-refractivity contribution in [1.29, 1.82) is 0 Å². The van der Waals surface area contributed by atoms with E-state index in [4.69, 9.17) is 9.97 Å². The Labute approximate surface area is 163 Å². The van der Waals surface area contributed by atoms with E-state index >= 15 is 0 Å². The zero-order valence-corrected chi connectivity index (χ0v) is 15.7. The number of amides is 1. The van der Waals surface area contributed by atoms with E-state index in [1.54, 1.807) is 31.7 Å². The standard InChI is InChI=1S/C21H22N6O/c1-15(28)27-10-4-6-17(14-27)21-25-19(16-5-2-8-22-12-16)11-20(26-21)24-18-7-3-9-23-13-18/h2-3,5,7-9,11-13,17H,4,6,10,14H2,1H3,(H,24,25,26). The van der Waals surface area contributed by atoms with Crippen molar-refractivity contribution in [2.75, 3.05) is 18.4 Å². The highest BCUT2D eigenvalue weighted by atomic mass is 16.2. The Morgan fingerprint density at radius 2 is 1.96 bits per heavy atom. The van der Waals surface area contributed by atoms with E-state index in [0.717, 1.165) is 42.2 Å². The van der Waals surface area contributed by atoms with Crippen molar-refractivity contribution in [2.45, 2.75) is 25.7 Å². The second-order valence-corrected chi connectivity index (χ2v) is 6.91. The highest BCUT2D eigenvalue weighted by molar-refractivity contribution is 5.73. The minimum Gasteiger partial charge on any atom is -0.342 e. The van der Waals surface area contributed by atoms with Gasteiger partial charge in [-0.1, -0.05) is 0 Å². The number of aromatic nitrogens is 4. The van der Waals surface area contributed by atoms with Gasteiger partial charge in [-0.3, -0.25) is 14.8 Å². The number of hydrogen-bond donors (Lipinski definition) is 1. The molecule has 0 bridgehead atoms. The lowest BCUT2D eigenvalue weighted by Crippen LogP contribution is -2.38. The third kappa shape index (κ3) is 4.14. The van der Waals surface area contributed by atoms with E-state index in [0.29, 0.717) is 12.4 Å². The summed E-state index contributed by atoms with van der Waals surface area (Å²) in [6.45, 7) is 3.07. The Morgan fingerprint density at radius 3 is 2.68 bits per heavy atom. The molecule has 3 aromatic rings. The summed E-state index contributed by atoms with van der Waals surface area (Å²) in [5, 5.41) is 3.31. The largest absolute Gasteiger partial charge is 0.342 e. The average Bonchev–Trinajstić information content (AvgIpc) is 2.75. The lowest BCUT2D eigenvalue weighted by Gasteiger charge is -2.31. The van der Waals surface area contributed by atoms with Gasteiger partial charge in [-0.2, -0.15) is 0 Å². The van der Waals surface area contributed by atoms with Crippen LogP contribution in [0.25, 0.3) is 11.3 Å². The van der Waals surface area contributed by atoms with Crippen molar-refractivity contribution in [3.8, 4) is 11.3 Å². The Kier molecular flexibility index (Phi) is 5.23. The van der Waals surface area contributed by atoms with Gasteiger partial charge in [-0.05, 0) is 37.1 Å². The SMILES string of the molecule is CC(=O)N1CCCC(c2nc(Nc3cccnc3)cc(-c3cccnc3)n2)C1. The first-order valence-electron chi connectivity index (χ1n) is 9.41. The molecule has 0 spiro atoms. The van der Waals surface area contributed by atoms with Crippen LogP contribution in [0, 0.1) is 0 Å². The number of hydrogen-bond acceptors (Lipinski definition) is 6. The van der Waals surface area contributed by atoms with Crippen molar-refractivity contribution in [3.63, 3.8) is 0 Å². The minimum absolute atomic E-state index is 0.0989. The first kappa shape index (κ1) is 18.0. The average molecular weight is 374 g/mol. The molecule has 1 fully saturated rings. The molecule has 142 valence electrons. The summed E-state index contributed by atoms with van der Waals surface area (Å²) in [4.78, 5) is 31.6. The molecule has 0 aromatic carbocycles. The summed E-state index contributed by atoms with van der Waals surface area (Å²) in [6, 6.07) is 9.60. The molecule has 4 rings (SSSR count). The number of rotatable bonds is 4. The molecule has 3 aromatic heterocycles. The fourth-order valence-corrected chi connectivity index (χ4v) is 3.43. The predicted octanol–water partition coefficient (Wildman–Crippen LogP) is 3.40. The molecule has 1 aliphatic heterocycles. The van der Waals surface area contributed by atoms with Gasteiger partial charge in [0.1, 0.15) is 11.6 Å². The van der Waals surface area contributed by atoms with E-state index in [2.05, 4.69) is 15.3 Å². The number of nitrogens with zero attached hydrogens (tertiary/aromatic N) is 5. The van der Waals surface area contributed by atoms with Crippen molar-refractivity contribution < 1.29 is 4.79 Å². The van der Waals surface area contributed by atoms with Gasteiger partial charge in [0, 0.05) is 56.2 Å². The molecule has 1 amide bonds. The van der Waals surface area contributed by atoms with Gasteiger partial charge in [-0.25, -0.2) is 9.97 Å². The fraction of sp³-hybridized carbons (Fsp3) is 0.286. The van der Waals surface area contributed by atoms with Crippen LogP contribution < -0.4 is 5.32 Å². The monoisotopic (exact) mass is 374 g/mol. The summed E-state index contributed by atoms with van der Waals surface area (Å²) in [5.74, 6) is 1.67. The highest BCUT2D eigenvalue weighted by Gasteiger charge is 2.25. The van der Waals surface area contributed by atoms with Crippen LogP contribution >= 0.6 is 0 Å². The summed E-state index contributed by atoms with van der Waals surface area (Å²) < 4.78 is 0. The Bertz CT molecular complexity index is 948. The second kappa shape index (κ2) is 8.12. The van der Waals surface area contributed by atoms with E-state index < -0.39 is 0 Å². The number of carbonyl (C=O) groups is 1. The Hall–Kier alpha value is -3.35. The molecular formula is C21H22N6O. The van der Waals surface area contributed by atoms with E-state index in [9.17, 15) is 4.79 Å². The van der Waals surface area contributed by atoms with E-state index in [1.165, 1.54) is 0 Å². The Morgan fingerprint density at radius 1 is 1.14 bits per heavy atom. The fourth-order valence-electron chi connectivity index (χ4n) is 3.43. The quantitative estimate of drug-likeness (QED) is 0.753. The first-order chi connectivity index (χ1) is 13.7. The maximum Gasteiger partial charge on any atom is 0.219 e. The first-order valence-corrected chi connectivity index (χ1v) is 9.41. The van der Waals surface area contributed by atoms with E-state index in [1.807, 2.05) is 35.2 Å². The number of nitrogens with one attached hydrogen (secondary N) is 1. The molecular weight excluding hydrogens is 352 g/mol. The molecule has 1 aliphatic rings. The summed E-state index contributed by atoms with van der Waals surface area (Å²) in [7, 11) is 0. The summed E-state index contributed by atoms with van der Waals surface area (Å²) >= 11 is 0. The minimum atomic E-state index is 0.0989. The van der Waals surface area contributed by atoms with Crippen LogP contribution in [0.1, 0.15) is 31.5 Å². The number of pyridine rings is 2. The van der Waals surface area contributed by atoms with Gasteiger partial charge < -0.3 is 10.2 Å². The van der Waals surface area contributed by atoms with Gasteiger partial charge in [0.15, 0.2) is 0 Å². The van der Waals surface area contributed by atoms with Gasteiger partial charge in [0.25, 0.3) is 0 Å². The molecule has 28 heavy (non-hydrogen) atoms. The molecule has 0 radical (unpaired) electrons. The van der Waals surface area contributed by atoms with E-state index in [-0.39, 0.29) is 11.8 Å². The zero-order chi connectivity index (χ0) is 19.3. The zero-order valence-electron chi connectivity index (χ0n) is 15.7. The van der Waals surface area contributed by atoms with Crippen molar-refractivity contribution >= 4 is 17.4 Å². The second-order valence-electron chi connectivity index (χ2n) is 6.91. The molecule has 7 nitrogen and oxygen atoms in total. The predicted molar refractivity (Wildman–Crippen MR) is 107 cm³/mol. The molecule has 1 saturated heterocycles. The summed E-state index contributed by atoms with van der Waals surface area (Å²) in [5.41, 5.74) is 2.60. The number of anilines is 2. The molecule has 0 aliphatic carbocycles. The maximum absolute atomic E-state index is 11.8. The normalized spacial score (nSPS) is 16.6. The molecule has 1 atom stereocenters. The molecule has 1 N–H and O–H groups in total.